The Morgan fingerprint density at radius 2 is 0.765 bits per heavy atom. The molecule has 104 valence electrons. The van der Waals surface area contributed by atoms with E-state index in [1.807, 2.05) is 0 Å². The van der Waals surface area contributed by atoms with Crippen molar-refractivity contribution in [2.45, 2.75) is 78.6 Å². The minimum atomic E-state index is 0. The van der Waals surface area contributed by atoms with Crippen LogP contribution in [0.4, 0.5) is 0 Å². The Kier molecular flexibility index (Phi) is 78.9. The molecule has 0 saturated carbocycles. The van der Waals surface area contributed by atoms with Crippen LogP contribution in [0.15, 0.2) is 0 Å². The summed E-state index contributed by atoms with van der Waals surface area (Å²) in [6.07, 6.45) is 11.0. The first-order chi connectivity index (χ1) is 7.24. The van der Waals surface area contributed by atoms with Crippen molar-refractivity contribution in [3.8, 4) is 0 Å². The summed E-state index contributed by atoms with van der Waals surface area (Å²) in [5.41, 5.74) is 0. The summed E-state index contributed by atoms with van der Waals surface area (Å²) in [5, 5.41) is 0. The molecule has 0 bridgehead atoms. The predicted molar refractivity (Wildman–Crippen MR) is 74.6 cm³/mol. The van der Waals surface area contributed by atoms with Crippen molar-refractivity contribution in [2.75, 3.05) is 0 Å². The average molecular weight is 340 g/mol. The molecule has 0 saturated heterocycles. The Bertz CT molecular complexity index is 47.7. The van der Waals surface area contributed by atoms with Gasteiger partial charge < -0.3 is 33.2 Å². The zero-order valence-electron chi connectivity index (χ0n) is 12.4. The predicted octanol–water partition coefficient (Wildman–Crippen LogP) is 3.03. The van der Waals surface area contributed by atoms with Crippen LogP contribution in [0.1, 0.15) is 78.6 Å². The summed E-state index contributed by atoms with van der Waals surface area (Å²) in [5.74, 6) is 0. The van der Waals surface area contributed by atoms with E-state index in [1.54, 1.807) is 0 Å². The summed E-state index contributed by atoms with van der Waals surface area (Å²) in [6.45, 7) is 17.5. The third-order valence-electron chi connectivity index (χ3n) is 1.81. The first kappa shape index (κ1) is 30.9. The van der Waals surface area contributed by atoms with Crippen LogP contribution < -0.4 is 12.4 Å². The van der Waals surface area contributed by atoms with Crippen LogP contribution in [0.5, 0.6) is 0 Å². The molecule has 17 heavy (non-hydrogen) atoms. The van der Waals surface area contributed by atoms with Crippen LogP contribution in [-0.4, -0.2) is 0 Å². The quantitative estimate of drug-likeness (QED) is 0.652. The van der Waals surface area contributed by atoms with Gasteiger partial charge in [0.15, 0.2) is 0 Å². The van der Waals surface area contributed by atoms with E-state index in [0.717, 1.165) is 19.3 Å². The van der Waals surface area contributed by atoms with E-state index in [-0.39, 0.29) is 38.6 Å². The smallest absolute Gasteiger partial charge is 1.00 e. The van der Waals surface area contributed by atoms with Gasteiger partial charge in [0.1, 0.15) is 0 Å². The molecule has 0 aliphatic carbocycles. The number of halogens is 1. The van der Waals surface area contributed by atoms with Crippen LogP contribution in [-0.2, 0) is 26.2 Å². The molecule has 0 unspecified atom stereocenters. The second-order valence-electron chi connectivity index (χ2n) is 3.62. The van der Waals surface area contributed by atoms with Crippen molar-refractivity contribution in [2.24, 2.45) is 0 Å². The zero-order valence-corrected chi connectivity index (χ0v) is 15.6. The maximum absolute atomic E-state index is 3.68. The van der Waals surface area contributed by atoms with Gasteiger partial charge in [0.25, 0.3) is 0 Å². The molecule has 0 aliphatic heterocycles. The first-order valence-corrected chi connectivity index (χ1v) is 6.62. The van der Waals surface area contributed by atoms with Gasteiger partial charge in [0.05, 0.1) is 0 Å². The van der Waals surface area contributed by atoms with Crippen LogP contribution in [0.3, 0.4) is 0 Å². The Morgan fingerprint density at radius 3 is 0.765 bits per heavy atom. The van der Waals surface area contributed by atoms with Crippen LogP contribution in [0, 0.1) is 20.8 Å². The van der Waals surface area contributed by atoms with Crippen molar-refractivity contribution in [1.82, 2.24) is 0 Å². The fourth-order valence-corrected chi connectivity index (χ4v) is 0.750. The van der Waals surface area contributed by atoms with Crippen LogP contribution in [0.25, 0.3) is 0 Å². The fraction of sp³-hybridized carbons (Fsp3) is 0.800. The standard InChI is InChI=1S/3C5H11.ClH.Zr/c3*1-3-5-4-2;;/h3*1,3-5H2,2H3;1H;/q3*-1;;+4/p-1. The number of rotatable bonds is 6. The molecule has 0 nitrogen and oxygen atoms in total. The molecule has 0 radical (unpaired) electrons. The SMILES string of the molecule is [CH2-]CCCC.[CH2-]CCCC.[CH2-]CCCC.[Cl-].[Zr+4]. The van der Waals surface area contributed by atoms with E-state index in [0.29, 0.717) is 0 Å². The van der Waals surface area contributed by atoms with Crippen molar-refractivity contribution in [3.63, 3.8) is 0 Å². The third-order valence-corrected chi connectivity index (χ3v) is 1.81. The molecule has 2 heteroatoms. The average Bonchev–Trinajstić information content (AvgIpc) is 2.23. The molecule has 0 aromatic heterocycles. The van der Waals surface area contributed by atoms with E-state index in [4.69, 9.17) is 0 Å². The van der Waals surface area contributed by atoms with Crippen molar-refractivity contribution < 1.29 is 38.6 Å². The zero-order chi connectivity index (χ0) is 12.4. The minimum Gasteiger partial charge on any atom is -1.00 e. The largest absolute Gasteiger partial charge is 4.00 e. The van der Waals surface area contributed by atoms with Crippen LogP contribution >= 0.6 is 0 Å². The van der Waals surface area contributed by atoms with Crippen molar-refractivity contribution in [3.05, 3.63) is 20.8 Å². The number of hydrogen-bond donors (Lipinski definition) is 0. The van der Waals surface area contributed by atoms with E-state index < -0.39 is 0 Å². The molecule has 0 N–H and O–H groups in total. The molecule has 0 amide bonds. The Labute approximate surface area is 137 Å². The maximum atomic E-state index is 3.68. The Hall–Kier alpha value is 1.17. The molecular weight excluding hydrogens is 307 g/mol. The summed E-state index contributed by atoms with van der Waals surface area (Å²) >= 11 is 0. The van der Waals surface area contributed by atoms with Crippen molar-refractivity contribution >= 4 is 0 Å². The summed E-state index contributed by atoms with van der Waals surface area (Å²) in [6, 6.07) is 0. The van der Waals surface area contributed by atoms with E-state index in [1.165, 1.54) is 38.5 Å². The molecule has 0 spiro atoms. The first-order valence-electron chi connectivity index (χ1n) is 6.62. The maximum Gasteiger partial charge on any atom is 4.00 e. The minimum absolute atomic E-state index is 0. The van der Waals surface area contributed by atoms with Gasteiger partial charge in [-0.3, -0.25) is 0 Å². The Balaban J connectivity index is -0.0000000400. The summed E-state index contributed by atoms with van der Waals surface area (Å²) < 4.78 is 0. The second kappa shape index (κ2) is 43.4. The van der Waals surface area contributed by atoms with Gasteiger partial charge in [-0.2, -0.15) is 19.3 Å². The summed E-state index contributed by atoms with van der Waals surface area (Å²) in [7, 11) is 0. The summed E-state index contributed by atoms with van der Waals surface area (Å²) in [4.78, 5) is 0. The molecule has 0 aromatic rings. The van der Waals surface area contributed by atoms with Crippen LogP contribution in [0.2, 0.25) is 0 Å². The second-order valence-corrected chi connectivity index (χ2v) is 3.62. The third kappa shape index (κ3) is 76.8. The van der Waals surface area contributed by atoms with Gasteiger partial charge in [0.2, 0.25) is 0 Å². The van der Waals surface area contributed by atoms with Gasteiger partial charge >= 0.3 is 26.2 Å². The number of hydrogen-bond acceptors (Lipinski definition) is 0. The topological polar surface area (TPSA) is 0 Å². The normalized spacial score (nSPS) is 7.41. The molecule has 0 aliphatic rings. The molecule has 0 heterocycles. The van der Waals surface area contributed by atoms with E-state index in [2.05, 4.69) is 41.5 Å². The van der Waals surface area contributed by atoms with Gasteiger partial charge in [-0.25, -0.2) is 0 Å². The van der Waals surface area contributed by atoms with Gasteiger partial charge in [-0.05, 0) is 0 Å². The molecule has 0 aromatic carbocycles. The van der Waals surface area contributed by atoms with Gasteiger partial charge in [0, 0.05) is 0 Å². The fourth-order valence-electron chi connectivity index (χ4n) is 0.750. The van der Waals surface area contributed by atoms with E-state index in [9.17, 15) is 0 Å². The van der Waals surface area contributed by atoms with Gasteiger partial charge in [-0.15, -0.1) is 0 Å². The monoisotopic (exact) mass is 338 g/mol. The Morgan fingerprint density at radius 1 is 0.588 bits per heavy atom. The molecule has 0 fully saturated rings. The molecule has 0 atom stereocenters. The van der Waals surface area contributed by atoms with Crippen molar-refractivity contribution in [1.29, 1.82) is 0 Å². The number of unbranched alkanes of at least 4 members (excludes halogenated alkanes) is 6. The molecule has 0 rings (SSSR count). The van der Waals surface area contributed by atoms with Gasteiger partial charge in [-0.1, -0.05) is 59.3 Å². The van der Waals surface area contributed by atoms with E-state index >= 15 is 0 Å². The molecular formula is C15H33ClZr.